The van der Waals surface area contributed by atoms with Crippen LogP contribution in [0.4, 0.5) is 0 Å². The molecule has 1 aliphatic carbocycles. The predicted molar refractivity (Wildman–Crippen MR) is 123 cm³/mol. The van der Waals surface area contributed by atoms with Crippen molar-refractivity contribution in [2.75, 3.05) is 27.9 Å². The molecule has 6 nitrogen and oxygen atoms in total. The van der Waals surface area contributed by atoms with E-state index in [1.165, 1.54) is 25.3 Å². The number of methoxy groups -OCH3 is 3. The first-order valence-corrected chi connectivity index (χ1v) is 11.2. The van der Waals surface area contributed by atoms with Crippen LogP contribution in [0.25, 0.3) is 0 Å². The largest absolute Gasteiger partial charge is 0.496 e. The smallest absolute Gasteiger partial charge is 0.337 e. The van der Waals surface area contributed by atoms with Crippen molar-refractivity contribution in [1.29, 1.82) is 0 Å². The summed E-state index contributed by atoms with van der Waals surface area (Å²) in [6.45, 7) is 1.68. The lowest BCUT2D eigenvalue weighted by Gasteiger charge is -2.36. The van der Waals surface area contributed by atoms with Gasteiger partial charge in [-0.1, -0.05) is 24.3 Å². The van der Waals surface area contributed by atoms with Gasteiger partial charge < -0.3 is 14.2 Å². The van der Waals surface area contributed by atoms with Crippen molar-refractivity contribution in [3.05, 3.63) is 64.7 Å². The van der Waals surface area contributed by atoms with Crippen molar-refractivity contribution >= 4 is 11.9 Å². The fraction of sp³-hybridized carbons (Fsp3) is 0.462. The number of fused-ring (bicyclic) bond motifs is 1. The zero-order valence-corrected chi connectivity index (χ0v) is 19.3. The van der Waals surface area contributed by atoms with Gasteiger partial charge in [0.25, 0.3) is 0 Å². The van der Waals surface area contributed by atoms with E-state index in [2.05, 4.69) is 17.0 Å². The Labute approximate surface area is 190 Å². The van der Waals surface area contributed by atoms with E-state index in [9.17, 15) is 9.59 Å². The number of nitrogens with zero attached hydrogens (tertiary/aromatic N) is 1. The lowest BCUT2D eigenvalue weighted by molar-refractivity contribution is -0.140. The van der Waals surface area contributed by atoms with Gasteiger partial charge in [-0.15, -0.1) is 0 Å². The number of unbranched alkanes of at least 4 members (excludes halogenated alkanes) is 1. The van der Waals surface area contributed by atoms with Crippen LogP contribution in [0.3, 0.4) is 0 Å². The highest BCUT2D eigenvalue weighted by molar-refractivity contribution is 5.89. The summed E-state index contributed by atoms with van der Waals surface area (Å²) < 4.78 is 15.2. The number of carbonyl (C=O) groups excluding carboxylic acids is 2. The minimum absolute atomic E-state index is 0.161. The van der Waals surface area contributed by atoms with Crippen molar-refractivity contribution in [2.24, 2.45) is 0 Å². The number of aryl methyl sites for hydroxylation is 1. The Kier molecular flexibility index (Phi) is 8.68. The van der Waals surface area contributed by atoms with E-state index in [4.69, 9.17) is 14.2 Å². The van der Waals surface area contributed by atoms with E-state index in [0.29, 0.717) is 18.0 Å². The molecule has 2 aromatic rings. The van der Waals surface area contributed by atoms with Crippen LogP contribution in [0.15, 0.2) is 42.5 Å². The maximum absolute atomic E-state index is 11.7. The Morgan fingerprint density at radius 3 is 2.47 bits per heavy atom. The van der Waals surface area contributed by atoms with Crippen molar-refractivity contribution < 1.29 is 23.8 Å². The van der Waals surface area contributed by atoms with Crippen molar-refractivity contribution in [3.8, 4) is 5.75 Å². The summed E-state index contributed by atoms with van der Waals surface area (Å²) in [4.78, 5) is 25.7. The number of ether oxygens (including phenoxy) is 3. The SMILES string of the molecule is COC(=O)CCCCN(Cc1ccc(C(=O)OC)cc1)C1CCc2cccc(OC)c2C1. The predicted octanol–water partition coefficient (Wildman–Crippen LogP) is 4.18. The van der Waals surface area contributed by atoms with E-state index in [1.54, 1.807) is 7.11 Å². The third kappa shape index (κ3) is 6.10. The molecule has 0 saturated heterocycles. The number of hydrogen-bond acceptors (Lipinski definition) is 6. The second-order valence-corrected chi connectivity index (χ2v) is 8.19. The number of esters is 2. The number of carbonyl (C=O) groups is 2. The summed E-state index contributed by atoms with van der Waals surface area (Å²) in [5.74, 6) is 0.471. The Morgan fingerprint density at radius 1 is 1.00 bits per heavy atom. The van der Waals surface area contributed by atoms with Crippen LogP contribution < -0.4 is 4.74 Å². The van der Waals surface area contributed by atoms with E-state index in [-0.39, 0.29) is 11.9 Å². The van der Waals surface area contributed by atoms with Crippen LogP contribution in [0, 0.1) is 0 Å². The van der Waals surface area contributed by atoms with Crippen molar-refractivity contribution in [2.45, 2.75) is 51.1 Å². The molecule has 3 rings (SSSR count). The van der Waals surface area contributed by atoms with Gasteiger partial charge in [0.1, 0.15) is 5.75 Å². The molecular weight excluding hydrogens is 406 g/mol. The number of hydrogen-bond donors (Lipinski definition) is 0. The molecule has 0 aliphatic heterocycles. The van der Waals surface area contributed by atoms with Crippen LogP contribution in [0.2, 0.25) is 0 Å². The van der Waals surface area contributed by atoms with Crippen molar-refractivity contribution in [1.82, 2.24) is 4.90 Å². The second kappa shape index (κ2) is 11.7. The summed E-state index contributed by atoms with van der Waals surface area (Å²) in [7, 11) is 4.55. The lowest BCUT2D eigenvalue weighted by atomic mass is 9.86. The van der Waals surface area contributed by atoms with Gasteiger partial charge in [-0.05, 0) is 73.5 Å². The fourth-order valence-electron chi connectivity index (χ4n) is 4.42. The maximum atomic E-state index is 11.7. The first-order valence-electron chi connectivity index (χ1n) is 11.2. The zero-order valence-electron chi connectivity index (χ0n) is 19.3. The first-order chi connectivity index (χ1) is 15.5. The maximum Gasteiger partial charge on any atom is 0.337 e. The van der Waals surface area contributed by atoms with E-state index < -0.39 is 0 Å². The first kappa shape index (κ1) is 23.8. The molecule has 0 bridgehead atoms. The van der Waals surface area contributed by atoms with E-state index >= 15 is 0 Å². The zero-order chi connectivity index (χ0) is 22.9. The Morgan fingerprint density at radius 2 is 1.78 bits per heavy atom. The molecule has 1 atom stereocenters. The quantitative estimate of drug-likeness (QED) is 0.409. The molecule has 0 heterocycles. The van der Waals surface area contributed by atoms with E-state index in [1.807, 2.05) is 30.3 Å². The van der Waals surface area contributed by atoms with Gasteiger partial charge in [0, 0.05) is 19.0 Å². The van der Waals surface area contributed by atoms with Crippen LogP contribution in [-0.4, -0.2) is 50.8 Å². The summed E-state index contributed by atoms with van der Waals surface area (Å²) >= 11 is 0. The van der Waals surface area contributed by atoms with Gasteiger partial charge >= 0.3 is 11.9 Å². The summed E-state index contributed by atoms with van der Waals surface area (Å²) in [6.07, 6.45) is 5.21. The third-order valence-corrected chi connectivity index (χ3v) is 6.22. The van der Waals surface area contributed by atoms with Crippen LogP contribution in [0.5, 0.6) is 5.75 Å². The number of benzene rings is 2. The van der Waals surface area contributed by atoms with Crippen molar-refractivity contribution in [3.63, 3.8) is 0 Å². The average Bonchev–Trinajstić information content (AvgIpc) is 2.84. The van der Waals surface area contributed by atoms with Gasteiger partial charge in [-0.3, -0.25) is 9.69 Å². The lowest BCUT2D eigenvalue weighted by Crippen LogP contribution is -2.39. The molecule has 0 N–H and O–H groups in total. The molecule has 0 amide bonds. The monoisotopic (exact) mass is 439 g/mol. The van der Waals surface area contributed by atoms with Gasteiger partial charge in [-0.2, -0.15) is 0 Å². The van der Waals surface area contributed by atoms with Gasteiger partial charge in [0.15, 0.2) is 0 Å². The second-order valence-electron chi connectivity index (χ2n) is 8.19. The Hall–Kier alpha value is -2.86. The van der Waals surface area contributed by atoms with Gasteiger partial charge in [-0.25, -0.2) is 4.79 Å². The molecule has 0 radical (unpaired) electrons. The topological polar surface area (TPSA) is 65.1 Å². The molecule has 0 spiro atoms. The molecule has 6 heteroatoms. The summed E-state index contributed by atoms with van der Waals surface area (Å²) in [5.41, 5.74) is 4.37. The molecule has 2 aromatic carbocycles. The van der Waals surface area contributed by atoms with Gasteiger partial charge in [0.05, 0.1) is 26.9 Å². The molecule has 1 aliphatic rings. The molecular formula is C26H33NO5. The highest BCUT2D eigenvalue weighted by Gasteiger charge is 2.26. The van der Waals surface area contributed by atoms with Gasteiger partial charge in [0.2, 0.25) is 0 Å². The standard InChI is InChI=1S/C26H33NO5/c1-30-24-8-6-7-20-14-15-22(17-23(20)24)27(16-5-4-9-25(28)31-2)18-19-10-12-21(13-11-19)26(29)32-3/h6-8,10-13,22H,4-5,9,14-18H2,1-3H3. The fourth-order valence-corrected chi connectivity index (χ4v) is 4.42. The average molecular weight is 440 g/mol. The summed E-state index contributed by atoms with van der Waals surface area (Å²) in [6, 6.07) is 14.3. The van der Waals surface area contributed by atoms with E-state index in [0.717, 1.165) is 56.5 Å². The molecule has 0 saturated carbocycles. The molecule has 0 fully saturated rings. The summed E-state index contributed by atoms with van der Waals surface area (Å²) in [5, 5.41) is 0. The number of rotatable bonds is 10. The van der Waals surface area contributed by atoms with Crippen LogP contribution >= 0.6 is 0 Å². The minimum atomic E-state index is -0.327. The molecule has 0 aromatic heterocycles. The highest BCUT2D eigenvalue weighted by Crippen LogP contribution is 2.32. The highest BCUT2D eigenvalue weighted by atomic mass is 16.5. The normalized spacial score (nSPS) is 15.2. The van der Waals surface area contributed by atoms with Crippen LogP contribution in [0.1, 0.15) is 52.7 Å². The minimum Gasteiger partial charge on any atom is -0.496 e. The van der Waals surface area contributed by atoms with Crippen LogP contribution in [-0.2, 0) is 33.7 Å². The molecule has 1 unspecified atom stereocenters. The molecule has 172 valence electrons. The third-order valence-electron chi connectivity index (χ3n) is 6.22. The molecule has 32 heavy (non-hydrogen) atoms. The Bertz CT molecular complexity index is 895. The Balaban J connectivity index is 1.73.